The van der Waals surface area contributed by atoms with Crippen LogP contribution in [0.3, 0.4) is 0 Å². The summed E-state index contributed by atoms with van der Waals surface area (Å²) in [6.07, 6.45) is 4.71. The van der Waals surface area contributed by atoms with Crippen LogP contribution in [0.25, 0.3) is 6.08 Å². The molecule has 52 valence electrons. The molecule has 0 N–H and O–H groups in total. The number of nitrogens with zero attached hydrogens (tertiary/aromatic N) is 2. The maximum absolute atomic E-state index is 9.74. The summed E-state index contributed by atoms with van der Waals surface area (Å²) in [5.41, 5.74) is 0. The Kier molecular flexibility index (Phi) is 1.79. The predicted molar refractivity (Wildman–Crippen MR) is 32.5 cm³/mol. The standard InChI is InChI=1S/C5H4N2O3/c8-7(9)3-1-5-6-2-4-10-5/h1-4H. The fourth-order valence-corrected chi connectivity index (χ4v) is 0.441. The highest BCUT2D eigenvalue weighted by atomic mass is 16.6. The van der Waals surface area contributed by atoms with E-state index >= 15 is 0 Å². The normalized spacial score (nSPS) is 10.4. The minimum atomic E-state index is -0.579. The van der Waals surface area contributed by atoms with Gasteiger partial charge in [-0.2, -0.15) is 0 Å². The van der Waals surface area contributed by atoms with Crippen LogP contribution >= 0.6 is 0 Å². The Morgan fingerprint density at radius 3 is 3.10 bits per heavy atom. The summed E-state index contributed by atoms with van der Waals surface area (Å²) in [5, 5.41) is 9.74. The third-order valence-corrected chi connectivity index (χ3v) is 0.790. The molecule has 1 aromatic heterocycles. The van der Waals surface area contributed by atoms with Gasteiger partial charge in [0.1, 0.15) is 6.26 Å². The third-order valence-electron chi connectivity index (χ3n) is 0.790. The summed E-state index contributed by atoms with van der Waals surface area (Å²) in [5.74, 6) is 0.233. The molecule has 0 amide bonds. The molecule has 1 heterocycles. The maximum Gasteiger partial charge on any atom is 0.239 e. The van der Waals surface area contributed by atoms with Gasteiger partial charge in [-0.3, -0.25) is 10.1 Å². The number of hydrogen-bond acceptors (Lipinski definition) is 4. The van der Waals surface area contributed by atoms with E-state index in [1.807, 2.05) is 0 Å². The number of nitro groups is 1. The Balaban J connectivity index is 2.64. The van der Waals surface area contributed by atoms with E-state index in [1.165, 1.54) is 18.5 Å². The van der Waals surface area contributed by atoms with Gasteiger partial charge in [0.25, 0.3) is 0 Å². The van der Waals surface area contributed by atoms with Crippen LogP contribution in [-0.2, 0) is 0 Å². The smallest absolute Gasteiger partial charge is 0.239 e. The average molecular weight is 140 g/mol. The lowest BCUT2D eigenvalue weighted by molar-refractivity contribution is -0.401. The van der Waals surface area contributed by atoms with Crippen LogP contribution in [0.15, 0.2) is 23.1 Å². The van der Waals surface area contributed by atoms with Crippen molar-refractivity contribution in [3.05, 3.63) is 34.7 Å². The fourth-order valence-electron chi connectivity index (χ4n) is 0.441. The SMILES string of the molecule is O=[N+]([O-])C=Cc1ncco1. The highest BCUT2D eigenvalue weighted by molar-refractivity contribution is 5.34. The molecule has 0 saturated heterocycles. The molecule has 5 nitrogen and oxygen atoms in total. The second kappa shape index (κ2) is 2.77. The summed E-state index contributed by atoms with van der Waals surface area (Å²) >= 11 is 0. The zero-order valence-corrected chi connectivity index (χ0v) is 4.93. The van der Waals surface area contributed by atoms with Crippen molar-refractivity contribution in [2.75, 3.05) is 0 Å². The first kappa shape index (κ1) is 6.47. The largest absolute Gasteiger partial charge is 0.445 e. The molecule has 0 saturated carbocycles. The van der Waals surface area contributed by atoms with Crippen molar-refractivity contribution >= 4 is 6.08 Å². The zero-order valence-electron chi connectivity index (χ0n) is 4.93. The molecule has 0 unspecified atom stereocenters. The van der Waals surface area contributed by atoms with Crippen molar-refractivity contribution in [1.82, 2.24) is 4.98 Å². The first-order valence-corrected chi connectivity index (χ1v) is 2.50. The predicted octanol–water partition coefficient (Wildman–Crippen LogP) is 0.922. The lowest BCUT2D eigenvalue weighted by Crippen LogP contribution is -1.81. The van der Waals surface area contributed by atoms with Crippen LogP contribution in [-0.4, -0.2) is 9.91 Å². The lowest BCUT2D eigenvalue weighted by atomic mass is 10.6. The Hall–Kier alpha value is -1.65. The molecule has 1 aromatic rings. The fraction of sp³-hybridized carbons (Fsp3) is 0. The minimum Gasteiger partial charge on any atom is -0.445 e. The molecule has 0 aromatic carbocycles. The van der Waals surface area contributed by atoms with Gasteiger partial charge >= 0.3 is 0 Å². The van der Waals surface area contributed by atoms with Gasteiger partial charge in [0.2, 0.25) is 12.1 Å². The molecule has 0 spiro atoms. The van der Waals surface area contributed by atoms with Crippen LogP contribution in [0, 0.1) is 10.1 Å². The molecule has 0 atom stereocenters. The summed E-state index contributed by atoms with van der Waals surface area (Å²) in [6, 6.07) is 0. The van der Waals surface area contributed by atoms with Crippen LogP contribution in [0.5, 0.6) is 0 Å². The Labute approximate surface area is 56.1 Å². The third kappa shape index (κ3) is 1.70. The van der Waals surface area contributed by atoms with Crippen molar-refractivity contribution in [3.8, 4) is 0 Å². The van der Waals surface area contributed by atoms with Gasteiger partial charge in [-0.25, -0.2) is 4.98 Å². The van der Waals surface area contributed by atoms with Crippen molar-refractivity contribution in [2.45, 2.75) is 0 Å². The molecule has 5 heteroatoms. The lowest BCUT2D eigenvalue weighted by Gasteiger charge is -1.76. The maximum atomic E-state index is 9.74. The van der Waals surface area contributed by atoms with E-state index in [1.54, 1.807) is 0 Å². The van der Waals surface area contributed by atoms with Crippen LogP contribution in [0.4, 0.5) is 0 Å². The van der Waals surface area contributed by atoms with E-state index in [2.05, 4.69) is 9.40 Å². The molecule has 1 rings (SSSR count). The number of aromatic nitrogens is 1. The van der Waals surface area contributed by atoms with Gasteiger partial charge in [-0.1, -0.05) is 0 Å². The summed E-state index contributed by atoms with van der Waals surface area (Å²) < 4.78 is 4.68. The number of rotatable bonds is 2. The molecule has 0 fully saturated rings. The summed E-state index contributed by atoms with van der Waals surface area (Å²) in [4.78, 5) is 12.8. The average Bonchev–Trinajstić information content (AvgIpc) is 2.34. The monoisotopic (exact) mass is 140 g/mol. The van der Waals surface area contributed by atoms with Gasteiger partial charge in [-0.15, -0.1) is 0 Å². The van der Waals surface area contributed by atoms with Crippen molar-refractivity contribution in [3.63, 3.8) is 0 Å². The molecule has 0 bridgehead atoms. The second-order valence-corrected chi connectivity index (χ2v) is 1.47. The van der Waals surface area contributed by atoms with E-state index in [0.29, 0.717) is 0 Å². The molecule has 0 aliphatic heterocycles. The molecular formula is C5H4N2O3. The van der Waals surface area contributed by atoms with E-state index in [4.69, 9.17) is 0 Å². The van der Waals surface area contributed by atoms with E-state index in [-0.39, 0.29) is 5.89 Å². The first-order chi connectivity index (χ1) is 4.79. The van der Waals surface area contributed by atoms with Gasteiger partial charge in [0, 0.05) is 0 Å². The quantitative estimate of drug-likeness (QED) is 0.452. The van der Waals surface area contributed by atoms with E-state index in [9.17, 15) is 10.1 Å². The minimum absolute atomic E-state index is 0.233. The van der Waals surface area contributed by atoms with Crippen LogP contribution in [0.1, 0.15) is 5.89 Å². The Morgan fingerprint density at radius 2 is 2.60 bits per heavy atom. The molecular weight excluding hydrogens is 136 g/mol. The molecule has 10 heavy (non-hydrogen) atoms. The van der Waals surface area contributed by atoms with Gasteiger partial charge < -0.3 is 4.42 Å². The molecule has 0 aliphatic carbocycles. The Morgan fingerprint density at radius 1 is 1.80 bits per heavy atom. The first-order valence-electron chi connectivity index (χ1n) is 2.50. The number of oxazole rings is 1. The topological polar surface area (TPSA) is 69.2 Å². The van der Waals surface area contributed by atoms with Crippen LogP contribution in [0.2, 0.25) is 0 Å². The van der Waals surface area contributed by atoms with Crippen molar-refractivity contribution in [2.24, 2.45) is 0 Å². The van der Waals surface area contributed by atoms with Gasteiger partial charge in [0.05, 0.1) is 17.2 Å². The van der Waals surface area contributed by atoms with Crippen molar-refractivity contribution < 1.29 is 9.34 Å². The van der Waals surface area contributed by atoms with E-state index in [0.717, 1.165) is 6.20 Å². The van der Waals surface area contributed by atoms with Gasteiger partial charge in [0.15, 0.2) is 0 Å². The Bertz CT molecular complexity index is 239. The molecule has 0 radical (unpaired) electrons. The van der Waals surface area contributed by atoms with Crippen LogP contribution < -0.4 is 0 Å². The zero-order chi connectivity index (χ0) is 7.40. The van der Waals surface area contributed by atoms with Crippen molar-refractivity contribution in [1.29, 1.82) is 0 Å². The highest BCUT2D eigenvalue weighted by Crippen LogP contribution is 1.96. The molecule has 0 aliphatic rings. The number of hydrogen-bond donors (Lipinski definition) is 0. The van der Waals surface area contributed by atoms with E-state index < -0.39 is 4.92 Å². The summed E-state index contributed by atoms with van der Waals surface area (Å²) in [7, 11) is 0. The second-order valence-electron chi connectivity index (χ2n) is 1.47. The summed E-state index contributed by atoms with van der Waals surface area (Å²) in [6.45, 7) is 0. The van der Waals surface area contributed by atoms with Gasteiger partial charge in [-0.05, 0) is 0 Å². The highest BCUT2D eigenvalue weighted by Gasteiger charge is 1.91.